The van der Waals surface area contributed by atoms with Crippen molar-refractivity contribution in [3.05, 3.63) is 23.8 Å². The second-order valence-electron chi connectivity index (χ2n) is 8.32. The SMILES string of the molecule is CC(C)(C)OC(=O)N1CCC2N3CCOc4cccc(c43)C2(C)C1. The molecule has 0 bridgehead atoms. The summed E-state index contributed by atoms with van der Waals surface area (Å²) in [7, 11) is 0. The van der Waals surface area contributed by atoms with Gasteiger partial charge in [-0.3, -0.25) is 0 Å². The highest BCUT2D eigenvalue weighted by molar-refractivity contribution is 5.75. The molecule has 5 nitrogen and oxygen atoms in total. The van der Waals surface area contributed by atoms with Crippen molar-refractivity contribution >= 4 is 11.8 Å². The van der Waals surface area contributed by atoms with Crippen LogP contribution in [0.1, 0.15) is 39.7 Å². The first-order valence-corrected chi connectivity index (χ1v) is 8.80. The Bertz CT molecular complexity index is 682. The van der Waals surface area contributed by atoms with Gasteiger partial charge < -0.3 is 19.3 Å². The third kappa shape index (κ3) is 2.25. The molecule has 1 saturated heterocycles. The zero-order valence-corrected chi connectivity index (χ0v) is 15.0. The molecule has 0 spiro atoms. The number of nitrogens with zero attached hydrogens (tertiary/aromatic N) is 2. The predicted molar refractivity (Wildman–Crippen MR) is 92.8 cm³/mol. The molecule has 3 aliphatic heterocycles. The molecule has 3 heterocycles. The van der Waals surface area contributed by atoms with Crippen LogP contribution in [0.3, 0.4) is 0 Å². The maximum atomic E-state index is 12.6. The van der Waals surface area contributed by atoms with Crippen LogP contribution >= 0.6 is 0 Å². The normalized spacial score (nSPS) is 28.1. The summed E-state index contributed by atoms with van der Waals surface area (Å²) in [6.07, 6.45) is 0.758. The lowest BCUT2D eigenvalue weighted by Gasteiger charge is -2.45. The Morgan fingerprint density at radius 1 is 1.33 bits per heavy atom. The Morgan fingerprint density at radius 3 is 2.88 bits per heavy atom. The van der Waals surface area contributed by atoms with Crippen molar-refractivity contribution in [1.82, 2.24) is 4.90 Å². The maximum absolute atomic E-state index is 12.6. The smallest absolute Gasteiger partial charge is 0.410 e. The molecule has 0 aromatic heterocycles. The van der Waals surface area contributed by atoms with Gasteiger partial charge in [0.15, 0.2) is 0 Å². The third-order valence-electron chi connectivity index (χ3n) is 5.45. The van der Waals surface area contributed by atoms with Crippen LogP contribution in [0.5, 0.6) is 5.75 Å². The maximum Gasteiger partial charge on any atom is 0.410 e. The highest BCUT2D eigenvalue weighted by Gasteiger charge is 2.53. The average Bonchev–Trinajstić information content (AvgIpc) is 2.77. The zero-order valence-electron chi connectivity index (χ0n) is 15.0. The van der Waals surface area contributed by atoms with Crippen LogP contribution in [-0.2, 0) is 10.2 Å². The van der Waals surface area contributed by atoms with Crippen molar-refractivity contribution in [2.24, 2.45) is 0 Å². The van der Waals surface area contributed by atoms with Gasteiger partial charge in [0.2, 0.25) is 0 Å². The molecule has 0 N–H and O–H groups in total. The topological polar surface area (TPSA) is 42.0 Å². The van der Waals surface area contributed by atoms with Crippen molar-refractivity contribution in [2.75, 3.05) is 31.1 Å². The first-order chi connectivity index (χ1) is 11.3. The van der Waals surface area contributed by atoms with E-state index in [0.717, 1.165) is 31.9 Å². The lowest BCUT2D eigenvalue weighted by atomic mass is 9.74. The highest BCUT2D eigenvalue weighted by Crippen LogP contribution is 2.53. The van der Waals surface area contributed by atoms with E-state index in [9.17, 15) is 4.79 Å². The van der Waals surface area contributed by atoms with Crippen molar-refractivity contribution in [3.8, 4) is 5.75 Å². The lowest BCUT2D eigenvalue weighted by Crippen LogP contribution is -2.58. The number of likely N-dealkylation sites (tertiary alicyclic amines) is 1. The minimum Gasteiger partial charge on any atom is -0.490 e. The van der Waals surface area contributed by atoms with Crippen LogP contribution in [0, 0.1) is 0 Å². The van der Waals surface area contributed by atoms with Crippen molar-refractivity contribution in [2.45, 2.75) is 51.2 Å². The molecule has 2 atom stereocenters. The molecule has 1 aromatic rings. The summed E-state index contributed by atoms with van der Waals surface area (Å²) in [6.45, 7) is 11.1. The van der Waals surface area contributed by atoms with E-state index in [4.69, 9.17) is 9.47 Å². The lowest BCUT2D eigenvalue weighted by molar-refractivity contribution is 0.0129. The Morgan fingerprint density at radius 2 is 2.12 bits per heavy atom. The van der Waals surface area contributed by atoms with Crippen molar-refractivity contribution in [1.29, 1.82) is 0 Å². The zero-order chi connectivity index (χ0) is 17.1. The molecule has 1 fully saturated rings. The van der Waals surface area contributed by atoms with Gasteiger partial charge in [-0.1, -0.05) is 19.1 Å². The van der Waals surface area contributed by atoms with E-state index in [0.29, 0.717) is 12.6 Å². The fourth-order valence-electron chi connectivity index (χ4n) is 4.50. The molecule has 0 aliphatic carbocycles. The molecule has 5 heteroatoms. The third-order valence-corrected chi connectivity index (χ3v) is 5.45. The molecule has 1 amide bonds. The minimum absolute atomic E-state index is 0.0752. The van der Waals surface area contributed by atoms with E-state index in [1.54, 1.807) is 0 Å². The van der Waals surface area contributed by atoms with E-state index < -0.39 is 5.60 Å². The van der Waals surface area contributed by atoms with Crippen LogP contribution in [0.2, 0.25) is 0 Å². The summed E-state index contributed by atoms with van der Waals surface area (Å²) in [5, 5.41) is 0. The van der Waals surface area contributed by atoms with E-state index in [-0.39, 0.29) is 11.5 Å². The van der Waals surface area contributed by atoms with E-state index in [1.807, 2.05) is 25.7 Å². The van der Waals surface area contributed by atoms with Gasteiger partial charge in [-0.2, -0.15) is 0 Å². The number of piperidine rings is 1. The largest absolute Gasteiger partial charge is 0.490 e. The Hall–Kier alpha value is -1.91. The number of para-hydroxylation sites is 1. The Balaban J connectivity index is 1.66. The van der Waals surface area contributed by atoms with E-state index >= 15 is 0 Å². The summed E-state index contributed by atoms with van der Waals surface area (Å²) in [6, 6.07) is 6.74. The van der Waals surface area contributed by atoms with Gasteiger partial charge in [-0.05, 0) is 38.8 Å². The second-order valence-corrected chi connectivity index (χ2v) is 8.32. The second kappa shape index (κ2) is 5.04. The summed E-state index contributed by atoms with van der Waals surface area (Å²) in [5.74, 6) is 0.984. The molecule has 4 rings (SSSR count). The number of hydrogen-bond acceptors (Lipinski definition) is 4. The monoisotopic (exact) mass is 330 g/mol. The standard InChI is InChI=1S/C19H26N2O3/c1-18(2,3)24-17(22)20-9-8-15-19(4,12-20)13-6-5-7-14-16(13)21(15)10-11-23-14/h5-7,15H,8-12H2,1-4H3. The molecule has 1 aromatic carbocycles. The molecular weight excluding hydrogens is 304 g/mol. The summed E-state index contributed by atoms with van der Waals surface area (Å²) < 4.78 is 11.5. The predicted octanol–water partition coefficient (Wildman–Crippen LogP) is 3.17. The highest BCUT2D eigenvalue weighted by atomic mass is 16.6. The van der Waals surface area contributed by atoms with Gasteiger partial charge in [0.1, 0.15) is 18.0 Å². The number of hydrogen-bond donors (Lipinski definition) is 0. The quantitative estimate of drug-likeness (QED) is 0.733. The van der Waals surface area contributed by atoms with Gasteiger partial charge in [0, 0.05) is 24.5 Å². The molecule has 24 heavy (non-hydrogen) atoms. The molecule has 0 radical (unpaired) electrons. The summed E-state index contributed by atoms with van der Waals surface area (Å²) in [4.78, 5) is 16.9. The Kier molecular flexibility index (Phi) is 3.28. The molecule has 3 aliphatic rings. The van der Waals surface area contributed by atoms with Crippen LogP contribution in [-0.4, -0.2) is 48.9 Å². The first kappa shape index (κ1) is 15.6. The first-order valence-electron chi connectivity index (χ1n) is 8.80. The fourth-order valence-corrected chi connectivity index (χ4v) is 4.50. The van der Waals surface area contributed by atoms with Gasteiger partial charge in [-0.15, -0.1) is 0 Å². The van der Waals surface area contributed by atoms with Crippen LogP contribution in [0.4, 0.5) is 10.5 Å². The van der Waals surface area contributed by atoms with Gasteiger partial charge in [-0.25, -0.2) is 4.79 Å². The molecule has 130 valence electrons. The van der Waals surface area contributed by atoms with Gasteiger partial charge in [0.25, 0.3) is 0 Å². The van der Waals surface area contributed by atoms with Crippen LogP contribution in [0.25, 0.3) is 0 Å². The number of carbonyl (C=O) groups excluding carboxylic acids is 1. The van der Waals surface area contributed by atoms with Crippen molar-refractivity contribution < 1.29 is 14.3 Å². The Labute approximate surface area is 143 Å². The average molecular weight is 330 g/mol. The number of ether oxygens (including phenoxy) is 2. The summed E-state index contributed by atoms with van der Waals surface area (Å²) >= 11 is 0. The van der Waals surface area contributed by atoms with Gasteiger partial charge in [0.05, 0.1) is 12.2 Å². The molecular formula is C19H26N2O3. The van der Waals surface area contributed by atoms with Crippen molar-refractivity contribution in [3.63, 3.8) is 0 Å². The van der Waals surface area contributed by atoms with E-state index in [1.165, 1.54) is 11.3 Å². The van der Waals surface area contributed by atoms with Crippen LogP contribution in [0.15, 0.2) is 18.2 Å². The number of benzene rings is 1. The number of fused-ring (bicyclic) bond motifs is 3. The molecule has 2 unspecified atom stereocenters. The van der Waals surface area contributed by atoms with Gasteiger partial charge >= 0.3 is 6.09 Å². The fraction of sp³-hybridized carbons (Fsp3) is 0.632. The number of anilines is 1. The number of amides is 1. The number of rotatable bonds is 0. The summed E-state index contributed by atoms with van der Waals surface area (Å²) in [5.41, 5.74) is 2.01. The van der Waals surface area contributed by atoms with Crippen LogP contribution < -0.4 is 9.64 Å². The number of carbonyl (C=O) groups is 1. The van der Waals surface area contributed by atoms with E-state index in [2.05, 4.69) is 30.0 Å². The molecule has 0 saturated carbocycles. The minimum atomic E-state index is -0.460.